The number of carbonyl (C=O) groups is 2. The molecule has 0 bridgehead atoms. The molecule has 4 rings (SSSR count). The number of hydrogen-bond acceptors (Lipinski definition) is 6. The molecule has 2 aliphatic rings. The molecule has 0 unspecified atom stereocenters. The number of esters is 1. The first-order valence-electron chi connectivity index (χ1n) is 9.97. The molecule has 2 fully saturated rings. The monoisotopic (exact) mass is 419 g/mol. The number of benzene rings is 1. The van der Waals surface area contributed by atoms with E-state index in [0.717, 1.165) is 25.2 Å². The molecule has 2 aromatic rings. The van der Waals surface area contributed by atoms with E-state index in [2.05, 4.69) is 15.4 Å². The standard InChI is InChI=1S/C21H23F2N3O4/c1-29-21(28)15-11-26(10-12-2-3-12)7-6-17(15)24-20(27)19-9-18(25-30-19)14-5-4-13(22)8-16(14)23/h4-5,8-9,12,15,17H,2-3,6-7,10-11H2,1H3,(H,24,27)/t15-,17-/m1/s1. The van der Waals surface area contributed by atoms with Crippen molar-refractivity contribution in [3.63, 3.8) is 0 Å². The molecule has 1 aliphatic heterocycles. The van der Waals surface area contributed by atoms with E-state index < -0.39 is 29.5 Å². The van der Waals surface area contributed by atoms with Crippen LogP contribution in [0.3, 0.4) is 0 Å². The second-order valence-corrected chi connectivity index (χ2v) is 7.90. The van der Waals surface area contributed by atoms with Crippen molar-refractivity contribution in [2.75, 3.05) is 26.7 Å². The molecule has 9 heteroatoms. The zero-order chi connectivity index (χ0) is 21.3. The average molecular weight is 419 g/mol. The number of rotatable bonds is 6. The van der Waals surface area contributed by atoms with Gasteiger partial charge < -0.3 is 19.5 Å². The molecular formula is C21H23F2N3O4. The minimum atomic E-state index is -0.802. The Balaban J connectivity index is 1.44. The molecule has 2 atom stereocenters. The number of methoxy groups -OCH3 is 1. The fraction of sp³-hybridized carbons (Fsp3) is 0.476. The number of hydrogen-bond donors (Lipinski definition) is 1. The molecule has 2 heterocycles. The van der Waals surface area contributed by atoms with Crippen molar-refractivity contribution < 1.29 is 27.6 Å². The van der Waals surface area contributed by atoms with Crippen LogP contribution in [0.1, 0.15) is 29.8 Å². The zero-order valence-corrected chi connectivity index (χ0v) is 16.6. The molecule has 1 amide bonds. The van der Waals surface area contributed by atoms with E-state index in [1.54, 1.807) is 0 Å². The second-order valence-electron chi connectivity index (χ2n) is 7.90. The third kappa shape index (κ3) is 4.51. The summed E-state index contributed by atoms with van der Waals surface area (Å²) in [4.78, 5) is 27.2. The largest absolute Gasteiger partial charge is 0.469 e. The van der Waals surface area contributed by atoms with Gasteiger partial charge in [0.2, 0.25) is 5.76 Å². The summed E-state index contributed by atoms with van der Waals surface area (Å²) in [6, 6.07) is 3.95. The Morgan fingerprint density at radius 3 is 2.77 bits per heavy atom. The Kier molecular flexibility index (Phi) is 5.80. The van der Waals surface area contributed by atoms with E-state index >= 15 is 0 Å². The fourth-order valence-electron chi connectivity index (χ4n) is 3.86. The highest BCUT2D eigenvalue weighted by Crippen LogP contribution is 2.31. The maximum Gasteiger partial charge on any atom is 0.312 e. The van der Waals surface area contributed by atoms with Gasteiger partial charge >= 0.3 is 5.97 Å². The molecular weight excluding hydrogens is 396 g/mol. The van der Waals surface area contributed by atoms with Gasteiger partial charge in [-0.25, -0.2) is 8.78 Å². The molecule has 0 radical (unpaired) electrons. The number of nitrogens with zero attached hydrogens (tertiary/aromatic N) is 2. The predicted octanol–water partition coefficient (Wildman–Crippen LogP) is 2.62. The lowest BCUT2D eigenvalue weighted by molar-refractivity contribution is -0.148. The van der Waals surface area contributed by atoms with Gasteiger partial charge in [-0.1, -0.05) is 5.16 Å². The van der Waals surface area contributed by atoms with Crippen LogP contribution in [0.15, 0.2) is 28.8 Å². The molecule has 0 spiro atoms. The first-order valence-corrected chi connectivity index (χ1v) is 9.97. The first kappa shape index (κ1) is 20.5. The van der Waals surface area contributed by atoms with E-state index in [-0.39, 0.29) is 23.0 Å². The average Bonchev–Trinajstić information content (AvgIpc) is 3.40. The van der Waals surface area contributed by atoms with Crippen molar-refractivity contribution >= 4 is 11.9 Å². The second kappa shape index (κ2) is 8.51. The highest BCUT2D eigenvalue weighted by molar-refractivity contribution is 5.93. The van der Waals surface area contributed by atoms with Crippen LogP contribution in [0, 0.1) is 23.5 Å². The van der Waals surface area contributed by atoms with Crippen LogP contribution in [-0.2, 0) is 9.53 Å². The van der Waals surface area contributed by atoms with Gasteiger partial charge in [0.25, 0.3) is 5.91 Å². The Morgan fingerprint density at radius 2 is 2.07 bits per heavy atom. The number of carbonyl (C=O) groups excluding carboxylic acids is 2. The fourth-order valence-corrected chi connectivity index (χ4v) is 3.86. The van der Waals surface area contributed by atoms with Crippen LogP contribution in [0.5, 0.6) is 0 Å². The third-order valence-corrected chi connectivity index (χ3v) is 5.67. The van der Waals surface area contributed by atoms with E-state index in [9.17, 15) is 18.4 Å². The summed E-state index contributed by atoms with van der Waals surface area (Å²) in [6.45, 7) is 2.26. The highest BCUT2D eigenvalue weighted by atomic mass is 19.1. The Bertz CT molecular complexity index is 944. The third-order valence-electron chi connectivity index (χ3n) is 5.67. The lowest BCUT2D eigenvalue weighted by Gasteiger charge is -2.37. The normalized spacial score (nSPS) is 22.0. The van der Waals surface area contributed by atoms with Gasteiger partial charge in [-0.05, 0) is 37.3 Å². The van der Waals surface area contributed by atoms with Crippen LogP contribution < -0.4 is 5.32 Å². The van der Waals surface area contributed by atoms with Gasteiger partial charge in [-0.2, -0.15) is 0 Å². The number of ether oxygens (including phenoxy) is 1. The van der Waals surface area contributed by atoms with Crippen LogP contribution in [0.2, 0.25) is 0 Å². The SMILES string of the molecule is COC(=O)[C@@H]1CN(CC2CC2)CC[C@H]1NC(=O)c1cc(-c2ccc(F)cc2F)no1. The number of amides is 1. The maximum absolute atomic E-state index is 14.0. The molecule has 1 aromatic heterocycles. The topological polar surface area (TPSA) is 84.7 Å². The van der Waals surface area contributed by atoms with Crippen molar-refractivity contribution in [1.82, 2.24) is 15.4 Å². The lowest BCUT2D eigenvalue weighted by Crippen LogP contribution is -2.54. The van der Waals surface area contributed by atoms with Crippen molar-refractivity contribution in [3.05, 3.63) is 41.7 Å². The predicted molar refractivity (Wildman–Crippen MR) is 102 cm³/mol. The Hall–Kier alpha value is -2.81. The minimum Gasteiger partial charge on any atom is -0.469 e. The maximum atomic E-state index is 14.0. The summed E-state index contributed by atoms with van der Waals surface area (Å²) in [6.07, 6.45) is 3.05. The number of piperidine rings is 1. The Morgan fingerprint density at radius 1 is 1.27 bits per heavy atom. The van der Waals surface area contributed by atoms with Crippen molar-refractivity contribution in [1.29, 1.82) is 0 Å². The zero-order valence-electron chi connectivity index (χ0n) is 16.6. The summed E-state index contributed by atoms with van der Waals surface area (Å²) in [7, 11) is 1.33. The number of nitrogens with one attached hydrogen (secondary N) is 1. The minimum absolute atomic E-state index is 0.0278. The van der Waals surface area contributed by atoms with E-state index in [0.29, 0.717) is 18.9 Å². The summed E-state index contributed by atoms with van der Waals surface area (Å²) in [5.41, 5.74) is 0.112. The molecule has 1 saturated carbocycles. The van der Waals surface area contributed by atoms with Crippen LogP contribution in [0.25, 0.3) is 11.3 Å². The van der Waals surface area contributed by atoms with Gasteiger partial charge in [0.05, 0.1) is 13.0 Å². The summed E-state index contributed by atoms with van der Waals surface area (Å²) >= 11 is 0. The van der Waals surface area contributed by atoms with Gasteiger partial charge in [-0.3, -0.25) is 9.59 Å². The molecule has 1 N–H and O–H groups in total. The Labute approximate surface area is 172 Å². The van der Waals surface area contributed by atoms with Gasteiger partial charge in [0.1, 0.15) is 17.3 Å². The number of halogens is 2. The van der Waals surface area contributed by atoms with Gasteiger partial charge in [-0.15, -0.1) is 0 Å². The summed E-state index contributed by atoms with van der Waals surface area (Å²) in [5.74, 6) is -2.32. The summed E-state index contributed by atoms with van der Waals surface area (Å²) < 4.78 is 37.0. The smallest absolute Gasteiger partial charge is 0.312 e. The molecule has 1 saturated heterocycles. The van der Waals surface area contributed by atoms with Crippen molar-refractivity contribution in [3.8, 4) is 11.3 Å². The molecule has 1 aliphatic carbocycles. The lowest BCUT2D eigenvalue weighted by atomic mass is 9.91. The molecule has 160 valence electrons. The van der Waals surface area contributed by atoms with Gasteiger partial charge in [0, 0.05) is 43.4 Å². The summed E-state index contributed by atoms with van der Waals surface area (Å²) in [5, 5.41) is 6.54. The van der Waals surface area contributed by atoms with E-state index in [4.69, 9.17) is 9.26 Å². The molecule has 30 heavy (non-hydrogen) atoms. The number of likely N-dealkylation sites (tertiary alicyclic amines) is 1. The molecule has 7 nitrogen and oxygen atoms in total. The van der Waals surface area contributed by atoms with Crippen LogP contribution >= 0.6 is 0 Å². The quantitative estimate of drug-likeness (QED) is 0.725. The van der Waals surface area contributed by atoms with Crippen molar-refractivity contribution in [2.45, 2.75) is 25.3 Å². The van der Waals surface area contributed by atoms with E-state index in [1.807, 2.05) is 0 Å². The van der Waals surface area contributed by atoms with Crippen LogP contribution in [0.4, 0.5) is 8.78 Å². The van der Waals surface area contributed by atoms with Crippen molar-refractivity contribution in [2.24, 2.45) is 11.8 Å². The van der Waals surface area contributed by atoms with E-state index in [1.165, 1.54) is 32.1 Å². The molecule has 1 aromatic carbocycles. The highest BCUT2D eigenvalue weighted by Gasteiger charge is 2.38. The first-order chi connectivity index (χ1) is 14.4. The van der Waals surface area contributed by atoms with Crippen LogP contribution in [-0.4, -0.2) is 54.7 Å². The number of aromatic nitrogens is 1. The van der Waals surface area contributed by atoms with Gasteiger partial charge in [0.15, 0.2) is 0 Å².